The Morgan fingerprint density at radius 3 is 2.62 bits per heavy atom. The maximum absolute atomic E-state index is 13.7. The Hall–Kier alpha value is -4.95. The minimum atomic E-state index is -0.311. The number of nitrogens with zero attached hydrogens (tertiary/aromatic N) is 8. The summed E-state index contributed by atoms with van der Waals surface area (Å²) in [6.07, 6.45) is 13.6. The second kappa shape index (κ2) is 15.2. The first-order valence-corrected chi connectivity index (χ1v) is 19.1. The van der Waals surface area contributed by atoms with Crippen molar-refractivity contribution >= 4 is 23.4 Å². The molecule has 14 nitrogen and oxygen atoms in total. The number of ether oxygens (including phenoxy) is 3. The van der Waals surface area contributed by atoms with Gasteiger partial charge in [-0.2, -0.15) is 9.78 Å². The fourth-order valence-electron chi connectivity index (χ4n) is 7.46. The molecule has 2 aliphatic heterocycles. The number of anilines is 2. The summed E-state index contributed by atoms with van der Waals surface area (Å²) in [5.74, 6) is 2.78. The van der Waals surface area contributed by atoms with Crippen molar-refractivity contribution in [2.75, 3.05) is 36.5 Å². The number of fused-ring (bicyclic) bond motifs is 2. The van der Waals surface area contributed by atoms with E-state index in [0.29, 0.717) is 31.2 Å². The number of benzene rings is 1. The Bertz CT molecular complexity index is 2020. The molecule has 1 aliphatic carbocycles. The summed E-state index contributed by atoms with van der Waals surface area (Å²) in [5, 5.41) is 20.1. The van der Waals surface area contributed by atoms with Crippen LogP contribution in [-0.4, -0.2) is 72.6 Å². The molecule has 280 valence electrons. The maximum Gasteiger partial charge on any atom is 0.320 e. The third-order valence-corrected chi connectivity index (χ3v) is 10.4. The zero-order chi connectivity index (χ0) is 36.4. The van der Waals surface area contributed by atoms with Crippen molar-refractivity contribution in [3.63, 3.8) is 0 Å². The van der Waals surface area contributed by atoms with Crippen LogP contribution in [-0.2, 0) is 21.4 Å². The molecule has 3 aliphatic rings. The van der Waals surface area contributed by atoms with E-state index in [9.17, 15) is 4.79 Å². The van der Waals surface area contributed by atoms with Crippen LogP contribution in [0.2, 0.25) is 0 Å². The molecule has 2 saturated heterocycles. The lowest BCUT2D eigenvalue weighted by Crippen LogP contribution is -2.36. The number of hydrogen-bond donors (Lipinski definition) is 2. The van der Waals surface area contributed by atoms with Gasteiger partial charge in [0.15, 0.2) is 17.8 Å². The van der Waals surface area contributed by atoms with Gasteiger partial charge in [0.1, 0.15) is 17.7 Å². The molecular formula is C39H50N10O4. The molecule has 0 spiro atoms. The molecule has 5 aromatic rings. The number of piperidine rings is 1. The summed E-state index contributed by atoms with van der Waals surface area (Å²) in [7, 11) is 0. The van der Waals surface area contributed by atoms with E-state index in [-0.39, 0.29) is 29.9 Å². The third kappa shape index (κ3) is 7.88. The van der Waals surface area contributed by atoms with Crippen LogP contribution in [0.25, 0.3) is 11.5 Å². The molecule has 2 amide bonds. The first-order valence-electron chi connectivity index (χ1n) is 19.1. The monoisotopic (exact) mass is 722 g/mol. The van der Waals surface area contributed by atoms with Crippen LogP contribution in [0.5, 0.6) is 5.75 Å². The summed E-state index contributed by atoms with van der Waals surface area (Å²) < 4.78 is 24.0. The Balaban J connectivity index is 0.946. The highest BCUT2D eigenvalue weighted by molar-refractivity contribution is 5.89. The average Bonchev–Trinajstić information content (AvgIpc) is 3.92. The second-order valence-electron chi connectivity index (χ2n) is 15.3. The summed E-state index contributed by atoms with van der Waals surface area (Å²) in [6, 6.07) is 13.5. The normalized spacial score (nSPS) is 20.7. The first-order chi connectivity index (χ1) is 25.8. The van der Waals surface area contributed by atoms with Gasteiger partial charge in [0, 0.05) is 43.9 Å². The standard InChI is InChI=1S/C39H50N10O4/c1-39(2,3)32-23-34(49(45-32)35-25-46(26-40-35)20-22-52-36-13-7-10-21-51-36)42-37(50)41-30-15-16-31(29-12-6-5-11-28(29)30)53-27-14-17-33-43-44-38(48(33)24-27)47-18-8-4-9-19-47/h5-6,11-12,14,17,23-26,30-31,36H,4,7-10,13,15-16,18-22H2,1-3H3,(H2,41,42,50)/t30-,31+,36?/m0/s1. The number of carbonyl (C=O) groups is 1. The molecule has 0 saturated carbocycles. The first kappa shape index (κ1) is 35.1. The lowest BCUT2D eigenvalue weighted by atomic mass is 9.85. The number of amides is 2. The van der Waals surface area contributed by atoms with Crippen LogP contribution < -0.4 is 20.3 Å². The molecule has 3 atom stereocenters. The highest BCUT2D eigenvalue weighted by Gasteiger charge is 2.30. The summed E-state index contributed by atoms with van der Waals surface area (Å²) in [4.78, 5) is 20.6. The zero-order valence-electron chi connectivity index (χ0n) is 30.9. The van der Waals surface area contributed by atoms with Crippen molar-refractivity contribution in [1.29, 1.82) is 0 Å². The van der Waals surface area contributed by atoms with Gasteiger partial charge in [-0.25, -0.2) is 9.78 Å². The number of urea groups is 1. The van der Waals surface area contributed by atoms with Crippen LogP contribution >= 0.6 is 0 Å². The van der Waals surface area contributed by atoms with Gasteiger partial charge in [-0.15, -0.1) is 10.2 Å². The topological polar surface area (TPSA) is 138 Å². The smallest absolute Gasteiger partial charge is 0.320 e. The molecule has 8 rings (SSSR count). The van der Waals surface area contributed by atoms with Crippen molar-refractivity contribution < 1.29 is 19.0 Å². The van der Waals surface area contributed by atoms with E-state index in [4.69, 9.17) is 19.3 Å². The maximum atomic E-state index is 13.7. The van der Waals surface area contributed by atoms with Crippen LogP contribution in [0.15, 0.2) is 61.2 Å². The van der Waals surface area contributed by atoms with Gasteiger partial charge in [-0.05, 0) is 74.6 Å². The van der Waals surface area contributed by atoms with Gasteiger partial charge in [-0.1, -0.05) is 45.0 Å². The minimum absolute atomic E-state index is 0.135. The van der Waals surface area contributed by atoms with Crippen LogP contribution in [0.4, 0.5) is 16.6 Å². The van der Waals surface area contributed by atoms with Crippen molar-refractivity contribution in [2.45, 2.75) is 103 Å². The van der Waals surface area contributed by atoms with Crippen LogP contribution in [0.1, 0.15) is 101 Å². The molecular weight excluding hydrogens is 672 g/mol. The van der Waals surface area contributed by atoms with Gasteiger partial charge in [-0.3, -0.25) is 9.72 Å². The summed E-state index contributed by atoms with van der Waals surface area (Å²) in [5.41, 5.74) is 3.52. The fourth-order valence-corrected chi connectivity index (χ4v) is 7.46. The van der Waals surface area contributed by atoms with Gasteiger partial charge >= 0.3 is 6.03 Å². The van der Waals surface area contributed by atoms with E-state index in [2.05, 4.69) is 63.6 Å². The van der Waals surface area contributed by atoms with E-state index in [1.165, 1.54) is 6.42 Å². The molecule has 0 radical (unpaired) electrons. The molecule has 53 heavy (non-hydrogen) atoms. The highest BCUT2D eigenvalue weighted by Crippen LogP contribution is 2.39. The lowest BCUT2D eigenvalue weighted by molar-refractivity contribution is -0.163. The van der Waals surface area contributed by atoms with E-state index in [0.717, 1.165) is 92.4 Å². The molecule has 0 bridgehead atoms. The predicted octanol–water partition coefficient (Wildman–Crippen LogP) is 6.72. The molecule has 2 fully saturated rings. The van der Waals surface area contributed by atoms with E-state index >= 15 is 0 Å². The minimum Gasteiger partial charge on any atom is -0.484 e. The third-order valence-electron chi connectivity index (χ3n) is 10.4. The number of aromatic nitrogens is 7. The summed E-state index contributed by atoms with van der Waals surface area (Å²) in [6.45, 7) is 10.2. The molecule has 4 aromatic heterocycles. The molecule has 14 heteroatoms. The van der Waals surface area contributed by atoms with E-state index in [1.807, 2.05) is 51.7 Å². The van der Waals surface area contributed by atoms with Gasteiger partial charge < -0.3 is 29.0 Å². The second-order valence-corrected chi connectivity index (χ2v) is 15.3. The van der Waals surface area contributed by atoms with Crippen LogP contribution in [0, 0.1) is 0 Å². The Kier molecular flexibility index (Phi) is 10.1. The Morgan fingerprint density at radius 1 is 0.962 bits per heavy atom. The lowest BCUT2D eigenvalue weighted by Gasteiger charge is -2.32. The number of imidazole rings is 1. The van der Waals surface area contributed by atoms with Gasteiger partial charge in [0.2, 0.25) is 5.95 Å². The van der Waals surface area contributed by atoms with Crippen molar-refractivity contribution in [1.82, 2.24) is 39.2 Å². The number of hydrogen-bond acceptors (Lipinski definition) is 9. The van der Waals surface area contributed by atoms with Crippen molar-refractivity contribution in [3.05, 3.63) is 78.0 Å². The Morgan fingerprint density at radius 2 is 1.81 bits per heavy atom. The number of rotatable bonds is 10. The average molecular weight is 723 g/mol. The molecule has 1 aromatic carbocycles. The fraction of sp³-hybridized carbons (Fsp3) is 0.513. The number of nitrogens with one attached hydrogen (secondary N) is 2. The predicted molar refractivity (Wildman–Crippen MR) is 201 cm³/mol. The highest BCUT2D eigenvalue weighted by atomic mass is 16.7. The quantitative estimate of drug-likeness (QED) is 0.161. The van der Waals surface area contributed by atoms with Crippen LogP contribution in [0.3, 0.4) is 0 Å². The molecule has 2 N–H and O–H groups in total. The van der Waals surface area contributed by atoms with E-state index < -0.39 is 0 Å². The van der Waals surface area contributed by atoms with E-state index in [1.54, 1.807) is 11.0 Å². The zero-order valence-corrected chi connectivity index (χ0v) is 30.9. The number of pyridine rings is 1. The molecule has 1 unspecified atom stereocenters. The Labute approximate surface area is 309 Å². The van der Waals surface area contributed by atoms with Gasteiger partial charge in [0.25, 0.3) is 0 Å². The van der Waals surface area contributed by atoms with Gasteiger partial charge in [0.05, 0.1) is 30.9 Å². The summed E-state index contributed by atoms with van der Waals surface area (Å²) >= 11 is 0. The number of carbonyl (C=O) groups excluding carboxylic acids is 1. The van der Waals surface area contributed by atoms with Crippen molar-refractivity contribution in [2.24, 2.45) is 0 Å². The molecule has 6 heterocycles. The SMILES string of the molecule is CC(C)(C)c1cc(NC(=O)N[C@H]2CC[C@@H](Oc3ccc4nnc(N5CCCCC5)n4c3)c3ccccc32)n(-c2cn(CCOC3CCCCO3)cn2)n1. The van der Waals surface area contributed by atoms with Crippen molar-refractivity contribution in [3.8, 4) is 11.6 Å². The largest absolute Gasteiger partial charge is 0.484 e.